The van der Waals surface area contributed by atoms with Crippen LogP contribution in [-0.2, 0) is 11.2 Å². The number of fused-ring (bicyclic) bond motifs is 2. The highest BCUT2D eigenvalue weighted by Gasteiger charge is 2.26. The van der Waals surface area contributed by atoms with Crippen LogP contribution >= 0.6 is 34.7 Å². The Hall–Kier alpha value is -1.76. The number of hydrogen-bond acceptors (Lipinski definition) is 6. The lowest BCUT2D eigenvalue weighted by atomic mass is 10.1. The molecular weight excluding hydrogens is 362 g/mol. The maximum atomic E-state index is 11.4. The molecule has 1 aliphatic carbocycles. The molecule has 0 saturated heterocycles. The molecule has 1 aromatic carbocycles. The van der Waals surface area contributed by atoms with Gasteiger partial charge in [-0.2, -0.15) is 0 Å². The third kappa shape index (κ3) is 2.64. The fourth-order valence-electron chi connectivity index (χ4n) is 2.80. The largest absolute Gasteiger partial charge is 0.298 e. The summed E-state index contributed by atoms with van der Waals surface area (Å²) in [6.45, 7) is 2.03. The molecule has 3 aromatic rings. The minimum absolute atomic E-state index is 0.342. The van der Waals surface area contributed by atoms with Crippen LogP contribution in [0, 0.1) is 0 Å². The number of hydrogen-bond donors (Lipinski definition) is 0. The second-order valence-corrected chi connectivity index (χ2v) is 7.94. The third-order valence-corrected chi connectivity index (χ3v) is 6.18. The average molecular weight is 374 g/mol. The standard InChI is InChI=1S/C17H12ClN3OS2/c1-2-9-7-12-14(10(9)8-22)15(18)21-16(19-12)24-17-20-11-5-3-4-6-13(11)23-17/h3-6,8H,2,7H2,1H3. The molecule has 2 aromatic heterocycles. The summed E-state index contributed by atoms with van der Waals surface area (Å²) in [5.41, 5.74) is 4.21. The van der Waals surface area contributed by atoms with E-state index in [9.17, 15) is 4.79 Å². The summed E-state index contributed by atoms with van der Waals surface area (Å²) in [6, 6.07) is 8.00. The number of aldehydes is 1. The summed E-state index contributed by atoms with van der Waals surface area (Å²) in [5, 5.41) is 0.912. The van der Waals surface area contributed by atoms with Crippen LogP contribution in [-0.4, -0.2) is 21.2 Å². The molecule has 0 aliphatic heterocycles. The SMILES string of the molecule is CCC1=C(C=O)c2c(Cl)nc(Sc3nc4ccccc4s3)nc2C1. The second kappa shape index (κ2) is 6.27. The van der Waals surface area contributed by atoms with Crippen molar-refractivity contribution in [1.82, 2.24) is 15.0 Å². The maximum absolute atomic E-state index is 11.4. The Bertz CT molecular complexity index is 964. The van der Waals surface area contributed by atoms with Crippen LogP contribution in [0.4, 0.5) is 0 Å². The predicted octanol–water partition coefficient (Wildman–Crippen LogP) is 4.81. The molecule has 0 N–H and O–H groups in total. The number of rotatable bonds is 4. The van der Waals surface area contributed by atoms with E-state index in [2.05, 4.69) is 15.0 Å². The van der Waals surface area contributed by atoms with Crippen molar-refractivity contribution in [3.05, 3.63) is 46.2 Å². The average Bonchev–Trinajstić information content (AvgIpc) is 3.14. The van der Waals surface area contributed by atoms with Crippen LogP contribution in [0.25, 0.3) is 15.8 Å². The van der Waals surface area contributed by atoms with E-state index in [0.29, 0.717) is 27.9 Å². The first kappa shape index (κ1) is 15.7. The first-order valence-electron chi connectivity index (χ1n) is 7.47. The van der Waals surface area contributed by atoms with Gasteiger partial charge in [-0.3, -0.25) is 4.79 Å². The van der Waals surface area contributed by atoms with Crippen molar-refractivity contribution in [3.8, 4) is 0 Å². The summed E-state index contributed by atoms with van der Waals surface area (Å²) in [5.74, 6) is 0. The van der Waals surface area contributed by atoms with Crippen LogP contribution in [0.2, 0.25) is 5.15 Å². The Morgan fingerprint density at radius 2 is 2.12 bits per heavy atom. The van der Waals surface area contributed by atoms with Crippen molar-refractivity contribution >= 4 is 56.8 Å². The fourth-order valence-corrected chi connectivity index (χ4v) is 5.09. The molecule has 1 aliphatic rings. The summed E-state index contributed by atoms with van der Waals surface area (Å²) in [4.78, 5) is 24.9. The van der Waals surface area contributed by atoms with Crippen LogP contribution < -0.4 is 0 Å². The van der Waals surface area contributed by atoms with Gasteiger partial charge in [0.05, 0.1) is 15.9 Å². The predicted molar refractivity (Wildman–Crippen MR) is 97.8 cm³/mol. The number of halogens is 1. The number of para-hydroxylation sites is 1. The van der Waals surface area contributed by atoms with E-state index in [1.807, 2.05) is 31.2 Å². The normalized spacial score (nSPS) is 13.6. The summed E-state index contributed by atoms with van der Waals surface area (Å²) >= 11 is 9.35. The molecular formula is C17H12ClN3OS2. The molecule has 7 heteroatoms. The lowest BCUT2D eigenvalue weighted by Crippen LogP contribution is -1.98. The van der Waals surface area contributed by atoms with E-state index in [-0.39, 0.29) is 0 Å². The van der Waals surface area contributed by atoms with Gasteiger partial charge in [0.25, 0.3) is 0 Å². The van der Waals surface area contributed by atoms with E-state index in [1.165, 1.54) is 11.8 Å². The molecule has 0 fully saturated rings. The molecule has 4 nitrogen and oxygen atoms in total. The second-order valence-electron chi connectivity index (χ2n) is 5.33. The van der Waals surface area contributed by atoms with Crippen molar-refractivity contribution in [2.75, 3.05) is 0 Å². The number of nitrogens with zero attached hydrogens (tertiary/aromatic N) is 3. The summed E-state index contributed by atoms with van der Waals surface area (Å²) < 4.78 is 2.01. The first-order valence-corrected chi connectivity index (χ1v) is 9.48. The Morgan fingerprint density at radius 1 is 1.29 bits per heavy atom. The zero-order valence-corrected chi connectivity index (χ0v) is 15.1. The Balaban J connectivity index is 1.70. The number of allylic oxidation sites excluding steroid dienone is 2. The van der Waals surface area contributed by atoms with Crippen molar-refractivity contribution in [3.63, 3.8) is 0 Å². The van der Waals surface area contributed by atoms with E-state index in [0.717, 1.165) is 38.5 Å². The third-order valence-electron chi connectivity index (χ3n) is 3.95. The smallest absolute Gasteiger partial charge is 0.196 e. The molecule has 4 rings (SSSR count). The van der Waals surface area contributed by atoms with Crippen LogP contribution in [0.1, 0.15) is 24.6 Å². The number of carbonyl (C=O) groups is 1. The maximum Gasteiger partial charge on any atom is 0.196 e. The molecule has 0 atom stereocenters. The van der Waals surface area contributed by atoms with Gasteiger partial charge in [0.1, 0.15) is 5.15 Å². The number of carbonyl (C=O) groups excluding carboxylic acids is 1. The molecule has 0 saturated carbocycles. The molecule has 0 unspecified atom stereocenters. The monoisotopic (exact) mass is 373 g/mol. The minimum Gasteiger partial charge on any atom is -0.298 e. The van der Waals surface area contributed by atoms with Crippen molar-refractivity contribution in [2.45, 2.75) is 29.3 Å². The van der Waals surface area contributed by atoms with Gasteiger partial charge in [0.15, 0.2) is 15.8 Å². The summed E-state index contributed by atoms with van der Waals surface area (Å²) in [6.07, 6.45) is 2.33. The lowest BCUT2D eigenvalue weighted by Gasteiger charge is -2.04. The summed E-state index contributed by atoms with van der Waals surface area (Å²) in [7, 11) is 0. The molecule has 0 amide bonds. The van der Waals surface area contributed by atoms with Gasteiger partial charge in [0, 0.05) is 17.6 Å². The van der Waals surface area contributed by atoms with Crippen molar-refractivity contribution in [2.24, 2.45) is 0 Å². The highest BCUT2D eigenvalue weighted by Crippen LogP contribution is 2.39. The Morgan fingerprint density at radius 3 is 2.88 bits per heavy atom. The van der Waals surface area contributed by atoms with E-state index >= 15 is 0 Å². The molecule has 0 spiro atoms. The van der Waals surface area contributed by atoms with Gasteiger partial charge < -0.3 is 0 Å². The van der Waals surface area contributed by atoms with Gasteiger partial charge in [0.2, 0.25) is 0 Å². The van der Waals surface area contributed by atoms with Gasteiger partial charge in [-0.05, 0) is 30.3 Å². The zero-order valence-electron chi connectivity index (χ0n) is 12.7. The van der Waals surface area contributed by atoms with Crippen LogP contribution in [0.15, 0.2) is 39.3 Å². The quantitative estimate of drug-likeness (QED) is 0.373. The van der Waals surface area contributed by atoms with Gasteiger partial charge >= 0.3 is 0 Å². The van der Waals surface area contributed by atoms with Crippen LogP contribution in [0.3, 0.4) is 0 Å². The number of aromatic nitrogens is 3. The number of thiazole rings is 1. The van der Waals surface area contributed by atoms with Crippen molar-refractivity contribution in [1.29, 1.82) is 0 Å². The molecule has 0 bridgehead atoms. The topological polar surface area (TPSA) is 55.7 Å². The molecule has 120 valence electrons. The van der Waals surface area contributed by atoms with Gasteiger partial charge in [-0.1, -0.05) is 36.2 Å². The highest BCUT2D eigenvalue weighted by atomic mass is 35.5. The van der Waals surface area contributed by atoms with Crippen LogP contribution in [0.5, 0.6) is 0 Å². The van der Waals surface area contributed by atoms with Gasteiger partial charge in [-0.15, -0.1) is 11.3 Å². The minimum atomic E-state index is 0.342. The highest BCUT2D eigenvalue weighted by molar-refractivity contribution is 8.01. The van der Waals surface area contributed by atoms with E-state index < -0.39 is 0 Å². The molecule has 24 heavy (non-hydrogen) atoms. The Labute approximate surface area is 152 Å². The fraction of sp³-hybridized carbons (Fsp3) is 0.176. The lowest BCUT2D eigenvalue weighted by molar-refractivity contribution is -0.103. The first-order chi connectivity index (χ1) is 11.7. The zero-order chi connectivity index (χ0) is 16.7. The molecule has 2 heterocycles. The van der Waals surface area contributed by atoms with Gasteiger partial charge in [-0.25, -0.2) is 15.0 Å². The van der Waals surface area contributed by atoms with E-state index in [1.54, 1.807) is 11.3 Å². The van der Waals surface area contributed by atoms with E-state index in [4.69, 9.17) is 11.6 Å². The molecule has 0 radical (unpaired) electrons. The van der Waals surface area contributed by atoms with Crippen molar-refractivity contribution < 1.29 is 4.79 Å². The Kier molecular flexibility index (Phi) is 4.12. The number of benzene rings is 1.